The van der Waals surface area contributed by atoms with E-state index in [1.165, 1.54) is 12.8 Å². The number of carbonyl (C=O) groups excluding carboxylic acids is 1. The van der Waals surface area contributed by atoms with Gasteiger partial charge >= 0.3 is 0 Å². The molecule has 0 unspecified atom stereocenters. The predicted octanol–water partition coefficient (Wildman–Crippen LogP) is 3.29. The highest BCUT2D eigenvalue weighted by atomic mass is 35.5. The second-order valence-electron chi connectivity index (χ2n) is 4.46. The summed E-state index contributed by atoms with van der Waals surface area (Å²) >= 11 is 11.8. The zero-order chi connectivity index (χ0) is 13.0. The predicted molar refractivity (Wildman–Crippen MR) is 81.7 cm³/mol. The highest BCUT2D eigenvalue weighted by Gasteiger charge is 2.15. The third-order valence-corrected chi connectivity index (χ3v) is 3.68. The molecule has 0 radical (unpaired) electrons. The molecule has 1 aromatic carbocycles. The number of halogens is 3. The molecular weight excluding hydrogens is 307 g/mol. The van der Waals surface area contributed by atoms with Crippen LogP contribution >= 0.6 is 35.6 Å². The minimum Gasteiger partial charge on any atom is -0.352 e. The molecule has 1 fully saturated rings. The van der Waals surface area contributed by atoms with Crippen LogP contribution in [0.1, 0.15) is 29.6 Å². The van der Waals surface area contributed by atoms with Crippen LogP contribution in [-0.2, 0) is 0 Å². The lowest BCUT2D eigenvalue weighted by molar-refractivity contribution is 0.0952. The summed E-state index contributed by atoms with van der Waals surface area (Å²) in [5.41, 5.74) is 0.434. The third kappa shape index (κ3) is 4.84. The number of nitrogens with one attached hydrogen (secondary N) is 2. The average Bonchev–Trinajstić information content (AvgIpc) is 2.85. The van der Waals surface area contributed by atoms with Crippen molar-refractivity contribution in [3.63, 3.8) is 0 Å². The van der Waals surface area contributed by atoms with Crippen LogP contribution in [0.15, 0.2) is 18.2 Å². The van der Waals surface area contributed by atoms with Crippen molar-refractivity contribution < 1.29 is 4.79 Å². The Labute approximate surface area is 129 Å². The van der Waals surface area contributed by atoms with Gasteiger partial charge in [0, 0.05) is 17.6 Å². The fourth-order valence-corrected chi connectivity index (χ4v) is 2.51. The maximum absolute atomic E-state index is 11.9. The fraction of sp³-hybridized carbons (Fsp3) is 0.462. The van der Waals surface area contributed by atoms with E-state index in [1.807, 2.05) is 0 Å². The number of carbonyl (C=O) groups is 1. The SMILES string of the molecule is Cl.O=C(NCC[C@H]1CCCN1)c1cc(Cl)ccc1Cl. The molecule has 3 nitrogen and oxygen atoms in total. The third-order valence-electron chi connectivity index (χ3n) is 3.11. The van der Waals surface area contributed by atoms with Gasteiger partial charge < -0.3 is 10.6 Å². The second kappa shape index (κ2) is 7.95. The highest BCUT2D eigenvalue weighted by molar-refractivity contribution is 6.35. The summed E-state index contributed by atoms with van der Waals surface area (Å²) < 4.78 is 0. The largest absolute Gasteiger partial charge is 0.352 e. The van der Waals surface area contributed by atoms with E-state index in [9.17, 15) is 4.79 Å². The van der Waals surface area contributed by atoms with Gasteiger partial charge in [-0.3, -0.25) is 4.79 Å². The van der Waals surface area contributed by atoms with Crippen molar-refractivity contribution in [1.29, 1.82) is 0 Å². The van der Waals surface area contributed by atoms with Gasteiger partial charge in [0.15, 0.2) is 0 Å². The molecular formula is C13H17Cl3N2O. The molecule has 1 amide bonds. The first-order valence-corrected chi connectivity index (χ1v) is 6.89. The van der Waals surface area contributed by atoms with E-state index in [4.69, 9.17) is 23.2 Å². The number of amides is 1. The topological polar surface area (TPSA) is 41.1 Å². The molecule has 2 rings (SSSR count). The van der Waals surface area contributed by atoms with E-state index in [0.29, 0.717) is 28.2 Å². The summed E-state index contributed by atoms with van der Waals surface area (Å²) in [7, 11) is 0. The number of benzene rings is 1. The van der Waals surface area contributed by atoms with Crippen molar-refractivity contribution in [1.82, 2.24) is 10.6 Å². The monoisotopic (exact) mass is 322 g/mol. The highest BCUT2D eigenvalue weighted by Crippen LogP contribution is 2.20. The Bertz CT molecular complexity index is 434. The van der Waals surface area contributed by atoms with Gasteiger partial charge in [-0.25, -0.2) is 0 Å². The Morgan fingerprint density at radius 1 is 1.42 bits per heavy atom. The van der Waals surface area contributed by atoms with Gasteiger partial charge in [0.2, 0.25) is 0 Å². The Balaban J connectivity index is 0.00000180. The normalized spacial score (nSPS) is 17.9. The van der Waals surface area contributed by atoms with E-state index in [0.717, 1.165) is 13.0 Å². The summed E-state index contributed by atoms with van der Waals surface area (Å²) in [4.78, 5) is 11.9. The van der Waals surface area contributed by atoms with Crippen molar-refractivity contribution in [3.8, 4) is 0 Å². The van der Waals surface area contributed by atoms with Crippen LogP contribution in [-0.4, -0.2) is 25.0 Å². The van der Waals surface area contributed by atoms with Crippen molar-refractivity contribution in [2.24, 2.45) is 0 Å². The molecule has 1 heterocycles. The van der Waals surface area contributed by atoms with Gasteiger partial charge in [-0.15, -0.1) is 12.4 Å². The number of rotatable bonds is 4. The van der Waals surface area contributed by atoms with Gasteiger partial charge in [0.1, 0.15) is 0 Å². The number of hydrogen-bond donors (Lipinski definition) is 2. The lowest BCUT2D eigenvalue weighted by atomic mass is 10.1. The van der Waals surface area contributed by atoms with E-state index in [-0.39, 0.29) is 18.3 Å². The summed E-state index contributed by atoms with van der Waals surface area (Å²) in [5.74, 6) is -0.166. The maximum Gasteiger partial charge on any atom is 0.252 e. The molecule has 106 valence electrons. The molecule has 1 aliphatic heterocycles. The summed E-state index contributed by atoms with van der Waals surface area (Å²) in [6.07, 6.45) is 3.36. The Morgan fingerprint density at radius 2 is 2.21 bits per heavy atom. The first-order chi connectivity index (χ1) is 8.66. The van der Waals surface area contributed by atoms with Crippen LogP contribution in [0.25, 0.3) is 0 Å². The molecule has 1 aliphatic rings. The smallest absolute Gasteiger partial charge is 0.252 e. The molecule has 0 saturated carbocycles. The first kappa shape index (κ1) is 16.6. The quantitative estimate of drug-likeness (QED) is 0.893. The summed E-state index contributed by atoms with van der Waals surface area (Å²) in [5, 5.41) is 7.21. The van der Waals surface area contributed by atoms with Crippen LogP contribution in [0, 0.1) is 0 Å². The van der Waals surface area contributed by atoms with Gasteiger partial charge in [-0.1, -0.05) is 23.2 Å². The maximum atomic E-state index is 11.9. The number of hydrogen-bond acceptors (Lipinski definition) is 2. The van der Waals surface area contributed by atoms with E-state index < -0.39 is 0 Å². The molecule has 0 aromatic heterocycles. The summed E-state index contributed by atoms with van der Waals surface area (Å²) in [6, 6.07) is 5.42. The van der Waals surface area contributed by atoms with Gasteiger partial charge in [-0.2, -0.15) is 0 Å². The van der Waals surface area contributed by atoms with Crippen LogP contribution in [0.4, 0.5) is 0 Å². The minimum atomic E-state index is -0.166. The Hall–Kier alpha value is -0.480. The zero-order valence-corrected chi connectivity index (χ0v) is 12.7. The van der Waals surface area contributed by atoms with Gasteiger partial charge in [0.25, 0.3) is 5.91 Å². The van der Waals surface area contributed by atoms with Crippen molar-refractivity contribution in [3.05, 3.63) is 33.8 Å². The molecule has 1 saturated heterocycles. The van der Waals surface area contributed by atoms with Crippen LogP contribution < -0.4 is 10.6 Å². The van der Waals surface area contributed by atoms with E-state index in [1.54, 1.807) is 18.2 Å². The molecule has 0 bridgehead atoms. The van der Waals surface area contributed by atoms with Crippen molar-refractivity contribution in [2.45, 2.75) is 25.3 Å². The molecule has 1 atom stereocenters. The van der Waals surface area contributed by atoms with Crippen molar-refractivity contribution >= 4 is 41.5 Å². The summed E-state index contributed by atoms with van der Waals surface area (Å²) in [6.45, 7) is 1.73. The molecule has 6 heteroatoms. The Morgan fingerprint density at radius 3 is 2.89 bits per heavy atom. The second-order valence-corrected chi connectivity index (χ2v) is 5.31. The lowest BCUT2D eigenvalue weighted by Crippen LogP contribution is -2.30. The average molecular weight is 324 g/mol. The minimum absolute atomic E-state index is 0. The van der Waals surface area contributed by atoms with Crippen LogP contribution in [0.2, 0.25) is 10.0 Å². The van der Waals surface area contributed by atoms with Crippen molar-refractivity contribution in [2.75, 3.05) is 13.1 Å². The molecule has 1 aromatic rings. The molecule has 0 aliphatic carbocycles. The standard InChI is InChI=1S/C13H16Cl2N2O.ClH/c14-9-3-4-12(15)11(8-9)13(18)17-7-5-10-2-1-6-16-10;/h3-4,8,10,16H,1-2,5-7H2,(H,17,18);1H/t10-;/m1./s1. The fourth-order valence-electron chi connectivity index (χ4n) is 2.13. The van der Waals surface area contributed by atoms with Crippen LogP contribution in [0.3, 0.4) is 0 Å². The first-order valence-electron chi connectivity index (χ1n) is 6.13. The van der Waals surface area contributed by atoms with Crippen LogP contribution in [0.5, 0.6) is 0 Å². The Kier molecular flexibility index (Phi) is 6.94. The lowest BCUT2D eigenvalue weighted by Gasteiger charge is -2.11. The molecule has 2 N–H and O–H groups in total. The van der Waals surface area contributed by atoms with E-state index >= 15 is 0 Å². The zero-order valence-electron chi connectivity index (χ0n) is 10.4. The molecule has 0 spiro atoms. The van der Waals surface area contributed by atoms with Gasteiger partial charge in [0.05, 0.1) is 10.6 Å². The van der Waals surface area contributed by atoms with Gasteiger partial charge in [-0.05, 0) is 44.0 Å². The van der Waals surface area contributed by atoms with E-state index in [2.05, 4.69) is 10.6 Å². The molecule has 19 heavy (non-hydrogen) atoms.